The Morgan fingerprint density at radius 3 is 2.40 bits per heavy atom. The van der Waals surface area contributed by atoms with Crippen LogP contribution in [0, 0.1) is 6.07 Å². The van der Waals surface area contributed by atoms with Gasteiger partial charge in [-0.1, -0.05) is 18.2 Å². The maximum absolute atomic E-state index is 10.8. The van der Waals surface area contributed by atoms with Gasteiger partial charge in [-0.15, -0.1) is 0 Å². The highest BCUT2D eigenvalue weighted by Gasteiger charge is 2.03. The molecule has 0 heterocycles. The molecule has 0 fully saturated rings. The summed E-state index contributed by atoms with van der Waals surface area (Å²) in [6, 6.07) is 9.13. The van der Waals surface area contributed by atoms with Gasteiger partial charge in [-0.3, -0.25) is 0 Å². The fraction of sp³-hybridized carbons (Fsp3) is 0.143. The normalized spacial score (nSPS) is 11.3. The highest BCUT2D eigenvalue weighted by atomic mass is 32.2. The first kappa shape index (κ1) is 7.28. The van der Waals surface area contributed by atoms with Gasteiger partial charge in [-0.25, -0.2) is 8.42 Å². The van der Waals surface area contributed by atoms with Gasteiger partial charge in [0.2, 0.25) is 0 Å². The Labute approximate surface area is 60.4 Å². The molecule has 10 heavy (non-hydrogen) atoms. The summed E-state index contributed by atoms with van der Waals surface area (Å²) in [5.74, 6) is 0. The lowest BCUT2D eigenvalue weighted by Gasteiger charge is -1.92. The first-order valence-corrected chi connectivity index (χ1v) is 4.66. The van der Waals surface area contributed by atoms with Crippen molar-refractivity contribution in [3.63, 3.8) is 0 Å². The molecule has 0 saturated heterocycles. The second kappa shape index (κ2) is 2.42. The summed E-state index contributed by atoms with van der Waals surface area (Å²) in [4.78, 5) is 0.245. The quantitative estimate of drug-likeness (QED) is 0.603. The monoisotopic (exact) mass is 155 g/mol. The molecule has 1 aromatic carbocycles. The zero-order valence-electron chi connectivity index (χ0n) is 5.53. The lowest BCUT2D eigenvalue weighted by Crippen LogP contribution is -1.95. The zero-order chi connectivity index (χ0) is 7.61. The average molecular weight is 155 g/mol. The van der Waals surface area contributed by atoms with Gasteiger partial charge in [0.15, 0.2) is 9.84 Å². The van der Waals surface area contributed by atoms with Crippen molar-refractivity contribution >= 4 is 9.84 Å². The number of hydrogen-bond donors (Lipinski definition) is 0. The first-order chi connectivity index (χ1) is 4.61. The van der Waals surface area contributed by atoms with Crippen LogP contribution in [-0.2, 0) is 9.84 Å². The Balaban J connectivity index is 3.22. The third-order valence-electron chi connectivity index (χ3n) is 1.08. The summed E-state index contributed by atoms with van der Waals surface area (Å²) in [6.07, 6.45) is 1.17. The van der Waals surface area contributed by atoms with E-state index in [0.717, 1.165) is 0 Å². The van der Waals surface area contributed by atoms with Gasteiger partial charge in [0.05, 0.1) is 4.90 Å². The van der Waals surface area contributed by atoms with E-state index in [1.165, 1.54) is 12.3 Å². The Kier molecular flexibility index (Phi) is 1.76. The Hall–Kier alpha value is -0.830. The van der Waals surface area contributed by atoms with E-state index < -0.39 is 9.84 Å². The van der Waals surface area contributed by atoms with E-state index in [1.807, 2.05) is 0 Å². The lowest BCUT2D eigenvalue weighted by molar-refractivity contribution is 0.601. The summed E-state index contributed by atoms with van der Waals surface area (Å²) in [7, 11) is -3.06. The molecular formula is C7H7O2S. The number of sulfone groups is 1. The van der Waals surface area contributed by atoms with Crippen molar-refractivity contribution in [2.24, 2.45) is 0 Å². The summed E-state index contributed by atoms with van der Waals surface area (Å²) in [6.45, 7) is 0. The molecular weight excluding hydrogens is 148 g/mol. The van der Waals surface area contributed by atoms with Gasteiger partial charge in [-0.05, 0) is 6.07 Å². The van der Waals surface area contributed by atoms with E-state index in [9.17, 15) is 8.42 Å². The van der Waals surface area contributed by atoms with E-state index in [4.69, 9.17) is 0 Å². The maximum Gasteiger partial charge on any atom is 0.176 e. The summed E-state index contributed by atoms with van der Waals surface area (Å²) in [5.41, 5.74) is 0. The Morgan fingerprint density at radius 1 is 1.40 bits per heavy atom. The second-order valence-electron chi connectivity index (χ2n) is 2.00. The molecule has 0 atom stereocenters. The second-order valence-corrected chi connectivity index (χ2v) is 3.98. The molecule has 0 bridgehead atoms. The third-order valence-corrected chi connectivity index (χ3v) is 2.13. The van der Waals surface area contributed by atoms with Crippen LogP contribution in [0.2, 0.25) is 0 Å². The lowest BCUT2D eigenvalue weighted by atomic mass is 10.4. The van der Waals surface area contributed by atoms with Gasteiger partial charge in [0, 0.05) is 12.3 Å². The van der Waals surface area contributed by atoms with Gasteiger partial charge in [0.1, 0.15) is 0 Å². The number of rotatable bonds is 1. The molecule has 2 nitrogen and oxygen atoms in total. The molecule has 0 aromatic heterocycles. The molecule has 0 aliphatic rings. The predicted octanol–water partition coefficient (Wildman–Crippen LogP) is 0.890. The van der Waals surface area contributed by atoms with Gasteiger partial charge < -0.3 is 0 Å². The summed E-state index contributed by atoms with van der Waals surface area (Å²) in [5, 5.41) is 0. The molecule has 0 aliphatic heterocycles. The largest absolute Gasteiger partial charge is 0.224 e. The van der Waals surface area contributed by atoms with E-state index in [-0.39, 0.29) is 4.90 Å². The van der Waals surface area contributed by atoms with Crippen LogP contribution < -0.4 is 0 Å². The molecule has 0 unspecified atom stereocenters. The van der Waals surface area contributed by atoms with Crippen molar-refractivity contribution in [3.8, 4) is 0 Å². The zero-order valence-corrected chi connectivity index (χ0v) is 6.35. The minimum Gasteiger partial charge on any atom is -0.224 e. The molecule has 0 amide bonds. The molecule has 53 valence electrons. The smallest absolute Gasteiger partial charge is 0.176 e. The van der Waals surface area contributed by atoms with E-state index in [0.29, 0.717) is 0 Å². The van der Waals surface area contributed by atoms with Crippen LogP contribution in [0.25, 0.3) is 0 Å². The molecule has 0 saturated carbocycles. The van der Waals surface area contributed by atoms with Gasteiger partial charge in [0.25, 0.3) is 0 Å². The average Bonchev–Trinajstić information content (AvgIpc) is 1.88. The minimum atomic E-state index is -3.06. The molecule has 0 N–H and O–H groups in total. The fourth-order valence-electron chi connectivity index (χ4n) is 0.608. The molecule has 1 aromatic rings. The van der Waals surface area contributed by atoms with Crippen LogP contribution in [0.5, 0.6) is 0 Å². The van der Waals surface area contributed by atoms with E-state index >= 15 is 0 Å². The molecule has 1 rings (SSSR count). The fourth-order valence-corrected chi connectivity index (χ4v) is 1.22. The minimum absolute atomic E-state index is 0.245. The molecule has 1 radical (unpaired) electrons. The van der Waals surface area contributed by atoms with Crippen molar-refractivity contribution in [1.29, 1.82) is 0 Å². The predicted molar refractivity (Wildman–Crippen MR) is 38.4 cm³/mol. The van der Waals surface area contributed by atoms with Crippen molar-refractivity contribution in [2.75, 3.05) is 6.26 Å². The number of hydrogen-bond acceptors (Lipinski definition) is 2. The molecule has 0 spiro atoms. The van der Waals surface area contributed by atoms with Gasteiger partial charge in [-0.2, -0.15) is 0 Å². The van der Waals surface area contributed by atoms with Crippen LogP contribution >= 0.6 is 0 Å². The highest BCUT2D eigenvalue weighted by molar-refractivity contribution is 7.90. The van der Waals surface area contributed by atoms with E-state index in [1.54, 1.807) is 18.2 Å². The van der Waals surface area contributed by atoms with Crippen LogP contribution in [0.4, 0.5) is 0 Å². The van der Waals surface area contributed by atoms with E-state index in [2.05, 4.69) is 6.07 Å². The standard InChI is InChI=1S/C7H7O2S/c1-10(8,9)7-5-3-2-4-6-7/h2-5H,1H3. The SMILES string of the molecule is CS(=O)(=O)c1[c]cccc1. The van der Waals surface area contributed by atoms with Crippen LogP contribution in [0.1, 0.15) is 0 Å². The maximum atomic E-state index is 10.8. The summed E-state index contributed by atoms with van der Waals surface area (Å²) < 4.78 is 21.6. The van der Waals surface area contributed by atoms with Crippen molar-refractivity contribution < 1.29 is 8.42 Å². The molecule has 0 aliphatic carbocycles. The van der Waals surface area contributed by atoms with Crippen LogP contribution in [0.3, 0.4) is 0 Å². The first-order valence-electron chi connectivity index (χ1n) is 2.77. The van der Waals surface area contributed by atoms with Crippen molar-refractivity contribution in [3.05, 3.63) is 30.3 Å². The number of benzene rings is 1. The van der Waals surface area contributed by atoms with Crippen LogP contribution in [-0.4, -0.2) is 14.7 Å². The van der Waals surface area contributed by atoms with Gasteiger partial charge >= 0.3 is 0 Å². The third kappa shape index (κ3) is 1.57. The summed E-state index contributed by atoms with van der Waals surface area (Å²) >= 11 is 0. The topological polar surface area (TPSA) is 34.1 Å². The van der Waals surface area contributed by atoms with Crippen molar-refractivity contribution in [1.82, 2.24) is 0 Å². The van der Waals surface area contributed by atoms with Crippen LogP contribution in [0.15, 0.2) is 29.2 Å². The Morgan fingerprint density at radius 2 is 2.10 bits per heavy atom. The van der Waals surface area contributed by atoms with Crippen molar-refractivity contribution in [2.45, 2.75) is 4.90 Å². The Bertz CT molecular complexity index is 300. The highest BCUT2D eigenvalue weighted by Crippen LogP contribution is 2.04. The molecule has 3 heteroatoms.